The third-order valence-electron chi connectivity index (χ3n) is 11.3. The molecular formula is C56H99O10P. The van der Waals surface area contributed by atoms with Crippen LogP contribution >= 0.6 is 7.82 Å². The largest absolute Gasteiger partial charge is 0.472 e. The number of allylic oxidation sites excluding steroid dienone is 12. The van der Waals surface area contributed by atoms with Crippen molar-refractivity contribution in [2.24, 2.45) is 0 Å². The van der Waals surface area contributed by atoms with Gasteiger partial charge in [-0.2, -0.15) is 0 Å². The van der Waals surface area contributed by atoms with Crippen molar-refractivity contribution in [3.8, 4) is 0 Å². The van der Waals surface area contributed by atoms with E-state index in [2.05, 4.69) is 86.8 Å². The summed E-state index contributed by atoms with van der Waals surface area (Å²) in [6.07, 6.45) is 61.5. The van der Waals surface area contributed by atoms with Crippen LogP contribution in [0, 0.1) is 0 Å². The number of esters is 2. The highest BCUT2D eigenvalue weighted by atomic mass is 31.2. The fourth-order valence-corrected chi connectivity index (χ4v) is 8.04. The monoisotopic (exact) mass is 963 g/mol. The molecule has 0 aromatic carbocycles. The highest BCUT2D eigenvalue weighted by Gasteiger charge is 2.27. The number of aliphatic hydroxyl groups excluding tert-OH is 2. The lowest BCUT2D eigenvalue weighted by Gasteiger charge is -2.20. The summed E-state index contributed by atoms with van der Waals surface area (Å²) in [5.74, 6) is -0.934. The Balaban J connectivity index is 4.17. The number of phosphoric acid groups is 1. The Morgan fingerprint density at radius 3 is 1.24 bits per heavy atom. The van der Waals surface area contributed by atoms with Crippen molar-refractivity contribution in [1.29, 1.82) is 0 Å². The molecule has 0 spiro atoms. The van der Waals surface area contributed by atoms with Gasteiger partial charge in [0, 0.05) is 12.8 Å². The molecule has 0 saturated carbocycles. The lowest BCUT2D eigenvalue weighted by atomic mass is 10.0. The van der Waals surface area contributed by atoms with E-state index in [-0.39, 0.29) is 19.4 Å². The SMILES string of the molecule is CC/C=C\C/C=C\C/C=C\C/C=C\CCCCCCCCCCC(=O)OC(COC(=O)CCCCCCCCCCCCC/C=C\C/C=C\CCCCCCC)COP(=O)(O)OCC(O)CO. The second-order valence-electron chi connectivity index (χ2n) is 17.9. The molecule has 67 heavy (non-hydrogen) atoms. The van der Waals surface area contributed by atoms with Crippen molar-refractivity contribution in [3.05, 3.63) is 72.9 Å². The third-order valence-corrected chi connectivity index (χ3v) is 12.3. The Morgan fingerprint density at radius 2 is 0.821 bits per heavy atom. The Labute approximate surface area is 409 Å². The standard InChI is InChI=1S/C56H99O10P/c1-3-5-7-9-11-13-15-17-19-21-23-25-26-28-29-31-33-35-37-39-41-43-45-47-55(59)63-51-54(52-65-67(61,62)64-50-53(58)49-57)66-56(60)48-46-44-42-40-38-36-34-32-30-27-24-22-20-18-16-14-12-10-8-6-4-2/h6,8,12,14-15,17-18,20-21,23-24,27,53-54,57-58H,3-5,7,9-11,13,16,19,22,25-26,28-52H2,1-2H3,(H,61,62)/b8-6-,14-12-,17-15-,20-18-,23-21-,27-24-. The number of hydrogen-bond donors (Lipinski definition) is 3. The lowest BCUT2D eigenvalue weighted by molar-refractivity contribution is -0.161. The molecular weight excluding hydrogens is 864 g/mol. The van der Waals surface area contributed by atoms with E-state index in [9.17, 15) is 24.2 Å². The summed E-state index contributed by atoms with van der Waals surface area (Å²) in [6.45, 7) is 2.27. The van der Waals surface area contributed by atoms with Gasteiger partial charge < -0.3 is 24.6 Å². The molecule has 3 unspecified atom stereocenters. The molecule has 0 heterocycles. The maximum absolute atomic E-state index is 12.7. The second kappa shape index (κ2) is 51.3. The normalized spacial score (nSPS) is 14.2. The summed E-state index contributed by atoms with van der Waals surface area (Å²) in [4.78, 5) is 35.2. The molecule has 10 nitrogen and oxygen atoms in total. The average molecular weight is 963 g/mol. The summed E-state index contributed by atoms with van der Waals surface area (Å²) in [5, 5.41) is 18.4. The fourth-order valence-electron chi connectivity index (χ4n) is 7.25. The highest BCUT2D eigenvalue weighted by Crippen LogP contribution is 2.43. The van der Waals surface area contributed by atoms with Crippen molar-refractivity contribution < 1.29 is 47.8 Å². The molecule has 3 N–H and O–H groups in total. The van der Waals surface area contributed by atoms with Gasteiger partial charge in [0.05, 0.1) is 19.8 Å². The Bertz CT molecular complexity index is 1340. The quantitative estimate of drug-likeness (QED) is 0.0233. The van der Waals surface area contributed by atoms with E-state index < -0.39 is 51.8 Å². The van der Waals surface area contributed by atoms with Crippen LogP contribution in [0.5, 0.6) is 0 Å². The molecule has 3 atom stereocenters. The summed E-state index contributed by atoms with van der Waals surface area (Å²) in [7, 11) is -4.63. The van der Waals surface area contributed by atoms with Crippen LogP contribution in [0.3, 0.4) is 0 Å². The summed E-state index contributed by atoms with van der Waals surface area (Å²) < 4.78 is 32.9. The van der Waals surface area contributed by atoms with Gasteiger partial charge in [0.25, 0.3) is 0 Å². The maximum atomic E-state index is 12.7. The van der Waals surface area contributed by atoms with Crippen molar-refractivity contribution in [3.63, 3.8) is 0 Å². The first-order valence-corrected chi connectivity index (χ1v) is 28.4. The van der Waals surface area contributed by atoms with Crippen LogP contribution < -0.4 is 0 Å². The molecule has 0 aromatic heterocycles. The van der Waals surface area contributed by atoms with Crippen LogP contribution in [0.2, 0.25) is 0 Å². The summed E-state index contributed by atoms with van der Waals surface area (Å²) in [6, 6.07) is 0. The second-order valence-corrected chi connectivity index (χ2v) is 19.3. The van der Waals surface area contributed by atoms with Gasteiger partial charge in [-0.3, -0.25) is 18.6 Å². The Hall–Kier alpha value is -2.59. The Morgan fingerprint density at radius 1 is 0.463 bits per heavy atom. The van der Waals surface area contributed by atoms with Crippen LogP contribution in [0.1, 0.15) is 232 Å². The van der Waals surface area contributed by atoms with Crippen molar-refractivity contribution in [1.82, 2.24) is 0 Å². The van der Waals surface area contributed by atoms with Gasteiger partial charge in [-0.05, 0) is 83.5 Å². The minimum Gasteiger partial charge on any atom is -0.462 e. The van der Waals surface area contributed by atoms with Crippen molar-refractivity contribution in [2.45, 2.75) is 244 Å². The van der Waals surface area contributed by atoms with Gasteiger partial charge in [0.15, 0.2) is 6.10 Å². The number of carbonyl (C=O) groups is 2. The van der Waals surface area contributed by atoms with Gasteiger partial charge in [0.1, 0.15) is 12.7 Å². The topological polar surface area (TPSA) is 149 Å². The molecule has 11 heteroatoms. The number of carbonyl (C=O) groups excluding carboxylic acids is 2. The first kappa shape index (κ1) is 64.4. The molecule has 0 aliphatic heterocycles. The number of hydrogen-bond acceptors (Lipinski definition) is 9. The van der Waals surface area contributed by atoms with Crippen molar-refractivity contribution in [2.75, 3.05) is 26.4 Å². The van der Waals surface area contributed by atoms with Gasteiger partial charge in [-0.25, -0.2) is 4.57 Å². The number of unbranched alkanes of at least 4 members (excludes halogenated alkanes) is 24. The number of rotatable bonds is 50. The van der Waals surface area contributed by atoms with Gasteiger partial charge >= 0.3 is 19.8 Å². The molecule has 0 fully saturated rings. The molecule has 0 rings (SSSR count). The molecule has 0 amide bonds. The molecule has 0 radical (unpaired) electrons. The molecule has 0 aliphatic carbocycles. The average Bonchev–Trinajstić information content (AvgIpc) is 3.32. The zero-order chi connectivity index (χ0) is 49.0. The summed E-state index contributed by atoms with van der Waals surface area (Å²) in [5.41, 5.74) is 0. The maximum Gasteiger partial charge on any atom is 0.472 e. The van der Waals surface area contributed by atoms with E-state index in [1.807, 2.05) is 0 Å². The highest BCUT2D eigenvalue weighted by molar-refractivity contribution is 7.47. The van der Waals surface area contributed by atoms with Crippen LogP contribution in [0.4, 0.5) is 0 Å². The summed E-state index contributed by atoms with van der Waals surface area (Å²) >= 11 is 0. The third kappa shape index (κ3) is 51.1. The van der Waals surface area contributed by atoms with Crippen LogP contribution in [-0.2, 0) is 32.7 Å². The van der Waals surface area contributed by atoms with Crippen LogP contribution in [0.15, 0.2) is 72.9 Å². The zero-order valence-corrected chi connectivity index (χ0v) is 43.5. The number of phosphoric ester groups is 1. The first-order valence-electron chi connectivity index (χ1n) is 26.9. The zero-order valence-electron chi connectivity index (χ0n) is 42.6. The minimum atomic E-state index is -4.63. The number of aliphatic hydroxyl groups is 2. The van der Waals surface area contributed by atoms with Gasteiger partial charge in [-0.1, -0.05) is 209 Å². The van der Waals surface area contributed by atoms with E-state index in [0.717, 1.165) is 77.0 Å². The predicted octanol–water partition coefficient (Wildman–Crippen LogP) is 15.6. The first-order chi connectivity index (χ1) is 32.7. The molecule has 0 bridgehead atoms. The fraction of sp³-hybridized carbons (Fsp3) is 0.750. The number of ether oxygens (including phenoxy) is 2. The lowest BCUT2D eigenvalue weighted by Crippen LogP contribution is -2.29. The van der Waals surface area contributed by atoms with Crippen LogP contribution in [0.25, 0.3) is 0 Å². The van der Waals surface area contributed by atoms with Gasteiger partial charge in [-0.15, -0.1) is 0 Å². The van der Waals surface area contributed by atoms with Crippen LogP contribution in [-0.4, -0.2) is 65.7 Å². The predicted molar refractivity (Wildman–Crippen MR) is 279 cm³/mol. The van der Waals surface area contributed by atoms with E-state index in [1.54, 1.807) is 0 Å². The minimum absolute atomic E-state index is 0.172. The molecule has 388 valence electrons. The molecule has 0 saturated heterocycles. The smallest absolute Gasteiger partial charge is 0.462 e. The van der Waals surface area contributed by atoms with E-state index >= 15 is 0 Å². The molecule has 0 aromatic rings. The van der Waals surface area contributed by atoms with E-state index in [0.29, 0.717) is 12.8 Å². The van der Waals surface area contributed by atoms with Crippen molar-refractivity contribution >= 4 is 19.8 Å². The van der Waals surface area contributed by atoms with Gasteiger partial charge in [0.2, 0.25) is 0 Å². The van der Waals surface area contributed by atoms with E-state index in [1.165, 1.54) is 116 Å². The Kier molecular flexibility index (Phi) is 49.3. The molecule has 0 aliphatic rings. The van der Waals surface area contributed by atoms with E-state index in [4.69, 9.17) is 23.6 Å².